The van der Waals surface area contributed by atoms with Gasteiger partial charge in [-0.2, -0.15) is 0 Å². The molecule has 198 valence electrons. The van der Waals surface area contributed by atoms with E-state index in [1.54, 1.807) is 20.5 Å². The summed E-state index contributed by atoms with van der Waals surface area (Å²) in [5.74, 6) is 2.80. The van der Waals surface area contributed by atoms with Crippen LogP contribution in [0.5, 0.6) is 17.2 Å². The number of anilines is 2. The highest BCUT2D eigenvalue weighted by atomic mass is 16.5. The molecule has 0 aliphatic heterocycles. The molecule has 0 bridgehead atoms. The number of hydrogen-bond acceptors (Lipinski definition) is 6. The molecule has 0 aliphatic carbocycles. The van der Waals surface area contributed by atoms with E-state index in [1.807, 2.05) is 97.2 Å². The first kappa shape index (κ1) is 25.0. The monoisotopic (exact) mass is 528 g/mol. The predicted octanol–water partition coefficient (Wildman–Crippen LogP) is 7.62. The summed E-state index contributed by atoms with van der Waals surface area (Å²) in [5, 5.41) is 5.47. The van der Waals surface area contributed by atoms with Gasteiger partial charge < -0.3 is 24.5 Å². The Morgan fingerprint density at radius 2 is 1.68 bits per heavy atom. The van der Waals surface area contributed by atoms with Crippen LogP contribution in [0.2, 0.25) is 0 Å². The van der Waals surface area contributed by atoms with E-state index in [1.165, 1.54) is 0 Å². The molecule has 0 spiro atoms. The van der Waals surface area contributed by atoms with Crippen LogP contribution >= 0.6 is 0 Å². The van der Waals surface area contributed by atoms with Crippen molar-refractivity contribution in [3.63, 3.8) is 0 Å². The Kier molecular flexibility index (Phi) is 7.01. The molecule has 0 saturated carbocycles. The van der Waals surface area contributed by atoms with Gasteiger partial charge in [0.25, 0.3) is 0 Å². The van der Waals surface area contributed by atoms with Crippen LogP contribution in [0.25, 0.3) is 34.0 Å². The highest BCUT2D eigenvalue weighted by molar-refractivity contribution is 5.95. The van der Waals surface area contributed by atoms with Crippen molar-refractivity contribution in [2.75, 3.05) is 19.5 Å². The van der Waals surface area contributed by atoms with Gasteiger partial charge in [0.05, 0.1) is 19.7 Å². The Balaban J connectivity index is 1.27. The minimum atomic E-state index is 0.470. The lowest BCUT2D eigenvalue weighted by Crippen LogP contribution is -1.98. The number of benzene rings is 4. The maximum absolute atomic E-state index is 6.01. The van der Waals surface area contributed by atoms with E-state index in [9.17, 15) is 0 Å². The van der Waals surface area contributed by atoms with Crippen molar-refractivity contribution < 1.29 is 14.2 Å². The Morgan fingerprint density at radius 3 is 2.52 bits per heavy atom. The normalized spacial score (nSPS) is 11.2. The largest absolute Gasteiger partial charge is 0.496 e. The van der Waals surface area contributed by atoms with Gasteiger partial charge >= 0.3 is 0 Å². The average molecular weight is 529 g/mol. The van der Waals surface area contributed by atoms with Gasteiger partial charge in [-0.15, -0.1) is 0 Å². The second-order valence-corrected chi connectivity index (χ2v) is 9.26. The molecular weight excluding hydrogens is 500 g/mol. The molecule has 0 aliphatic rings. The van der Waals surface area contributed by atoms with Gasteiger partial charge in [-0.3, -0.25) is 0 Å². The van der Waals surface area contributed by atoms with E-state index in [0.717, 1.165) is 55.8 Å². The van der Waals surface area contributed by atoms with Crippen LogP contribution in [0.3, 0.4) is 0 Å². The molecule has 7 heteroatoms. The fraction of sp³-hybridized carbons (Fsp3) is 0.0909. The summed E-state index contributed by atoms with van der Waals surface area (Å²) in [4.78, 5) is 12.2. The lowest BCUT2D eigenvalue weighted by Gasteiger charge is -2.12. The summed E-state index contributed by atoms with van der Waals surface area (Å²) in [6, 6.07) is 28.1. The minimum absolute atomic E-state index is 0.470. The van der Waals surface area contributed by atoms with Gasteiger partial charge in [0.1, 0.15) is 24.5 Å². The summed E-state index contributed by atoms with van der Waals surface area (Å²) in [5.41, 5.74) is 5.78. The molecule has 0 saturated heterocycles. The molecule has 6 aromatic rings. The number of ether oxygens (including phenoxy) is 3. The van der Waals surface area contributed by atoms with Crippen LogP contribution in [-0.4, -0.2) is 29.2 Å². The van der Waals surface area contributed by atoms with Crippen molar-refractivity contribution in [3.05, 3.63) is 114 Å². The van der Waals surface area contributed by atoms with Crippen molar-refractivity contribution in [2.45, 2.75) is 6.61 Å². The number of nitrogens with zero attached hydrogens (tertiary/aromatic N) is 2. The quantitative estimate of drug-likeness (QED) is 0.188. The number of fused-ring (bicyclic) bond motifs is 2. The first-order valence-corrected chi connectivity index (χ1v) is 12.9. The molecule has 0 atom stereocenters. The molecule has 40 heavy (non-hydrogen) atoms. The zero-order valence-corrected chi connectivity index (χ0v) is 22.2. The van der Waals surface area contributed by atoms with Crippen LogP contribution in [-0.2, 0) is 6.61 Å². The van der Waals surface area contributed by atoms with Gasteiger partial charge in [-0.25, -0.2) is 9.97 Å². The average Bonchev–Trinajstić information content (AvgIpc) is 3.47. The van der Waals surface area contributed by atoms with Crippen LogP contribution in [0, 0.1) is 0 Å². The van der Waals surface area contributed by atoms with Gasteiger partial charge in [-0.05, 0) is 53.6 Å². The summed E-state index contributed by atoms with van der Waals surface area (Å²) < 4.78 is 17.3. The number of nitrogens with one attached hydrogen (secondary N) is 2. The number of rotatable bonds is 9. The van der Waals surface area contributed by atoms with Gasteiger partial charge in [-0.1, -0.05) is 48.6 Å². The van der Waals surface area contributed by atoms with E-state index < -0.39 is 0 Å². The number of aromatic amines is 1. The minimum Gasteiger partial charge on any atom is -0.496 e. The molecule has 4 aromatic carbocycles. The topological polar surface area (TPSA) is 81.3 Å². The third-order valence-corrected chi connectivity index (χ3v) is 6.68. The van der Waals surface area contributed by atoms with Gasteiger partial charge in [0, 0.05) is 39.8 Å². The Labute approximate surface area is 232 Å². The fourth-order valence-electron chi connectivity index (χ4n) is 4.60. The second kappa shape index (κ2) is 11.2. The molecule has 2 N–H and O–H groups in total. The lowest BCUT2D eigenvalue weighted by atomic mass is 10.1. The smallest absolute Gasteiger partial charge is 0.161 e. The molecule has 0 radical (unpaired) electrons. The van der Waals surface area contributed by atoms with E-state index >= 15 is 0 Å². The number of methoxy groups -OCH3 is 2. The Hall–Kier alpha value is -5.30. The van der Waals surface area contributed by atoms with Crippen LogP contribution in [0.4, 0.5) is 11.5 Å². The fourth-order valence-corrected chi connectivity index (χ4v) is 4.60. The van der Waals surface area contributed by atoms with Crippen LogP contribution in [0.1, 0.15) is 16.7 Å². The summed E-state index contributed by atoms with van der Waals surface area (Å²) >= 11 is 0. The lowest BCUT2D eigenvalue weighted by molar-refractivity contribution is 0.284. The highest BCUT2D eigenvalue weighted by Crippen LogP contribution is 2.33. The Bertz CT molecular complexity index is 1810. The van der Waals surface area contributed by atoms with E-state index in [-0.39, 0.29) is 0 Å². The van der Waals surface area contributed by atoms with Crippen LogP contribution < -0.4 is 19.5 Å². The van der Waals surface area contributed by atoms with Gasteiger partial charge in [0.15, 0.2) is 11.5 Å². The zero-order valence-electron chi connectivity index (χ0n) is 22.2. The first-order valence-electron chi connectivity index (χ1n) is 12.9. The summed E-state index contributed by atoms with van der Waals surface area (Å²) in [7, 11) is 3.31. The SMILES string of the molecule is COc1cc2ncnc(Nc3ccc4[nH]ccc4c3)c2cc1C=Cc1ccc(OCc2ccccc2)c(OC)c1. The standard InChI is InChI=1S/C33H28N4O3/c1-38-31-19-29-27(33(36-21-35-29)37-26-11-12-28-24(17-26)14-15-34-28)18-25(31)10-8-22-9-13-30(32(16-22)39-2)40-20-23-6-4-3-5-7-23/h3-19,21,34H,20H2,1-2H3,(H,35,36,37). The molecule has 7 nitrogen and oxygen atoms in total. The van der Waals surface area contributed by atoms with Crippen molar-refractivity contribution in [1.82, 2.24) is 15.0 Å². The molecule has 0 unspecified atom stereocenters. The van der Waals surface area contributed by atoms with E-state index in [4.69, 9.17) is 14.2 Å². The van der Waals surface area contributed by atoms with Crippen molar-refractivity contribution >= 4 is 45.5 Å². The molecule has 2 heterocycles. The van der Waals surface area contributed by atoms with Crippen LogP contribution in [0.15, 0.2) is 97.5 Å². The van der Waals surface area contributed by atoms with E-state index in [2.05, 4.69) is 26.3 Å². The molecular formula is C33H28N4O3. The maximum atomic E-state index is 6.01. The number of aromatic nitrogens is 3. The number of hydrogen-bond donors (Lipinski definition) is 2. The summed E-state index contributed by atoms with van der Waals surface area (Å²) in [6.45, 7) is 0.470. The summed E-state index contributed by atoms with van der Waals surface area (Å²) in [6.07, 6.45) is 7.52. The molecule has 0 amide bonds. The highest BCUT2D eigenvalue weighted by Gasteiger charge is 2.11. The molecule has 2 aromatic heterocycles. The maximum Gasteiger partial charge on any atom is 0.161 e. The third-order valence-electron chi connectivity index (χ3n) is 6.68. The van der Waals surface area contributed by atoms with Crippen molar-refractivity contribution in [2.24, 2.45) is 0 Å². The van der Waals surface area contributed by atoms with Crippen molar-refractivity contribution in [3.8, 4) is 17.2 Å². The Morgan fingerprint density at radius 1 is 0.800 bits per heavy atom. The second-order valence-electron chi connectivity index (χ2n) is 9.26. The molecule has 0 fully saturated rings. The number of H-pyrrole nitrogens is 1. The zero-order chi connectivity index (χ0) is 27.3. The predicted molar refractivity (Wildman–Crippen MR) is 160 cm³/mol. The van der Waals surface area contributed by atoms with E-state index in [0.29, 0.717) is 18.1 Å². The first-order chi connectivity index (χ1) is 19.7. The third kappa shape index (κ3) is 5.31. The molecule has 6 rings (SSSR count). The van der Waals surface area contributed by atoms with Gasteiger partial charge in [0.2, 0.25) is 0 Å². The van der Waals surface area contributed by atoms with Crippen molar-refractivity contribution in [1.29, 1.82) is 0 Å².